The summed E-state index contributed by atoms with van der Waals surface area (Å²) in [6.07, 6.45) is -4.33. The Labute approximate surface area is 671 Å². The van der Waals surface area contributed by atoms with Gasteiger partial charge in [-0.25, -0.2) is 0 Å². The second kappa shape index (κ2) is 45.6. The van der Waals surface area contributed by atoms with Crippen LogP contribution in [0.1, 0.15) is 102 Å². The summed E-state index contributed by atoms with van der Waals surface area (Å²) in [6.45, 7) is 3.07. The predicted octanol–water partition coefficient (Wildman–Crippen LogP) is -5.75. The molecule has 1 aromatic heterocycles. The van der Waals surface area contributed by atoms with E-state index in [-0.39, 0.29) is 69.9 Å². The first-order valence-electron chi connectivity index (χ1n) is 37.4. The van der Waals surface area contributed by atoms with Crippen molar-refractivity contribution in [1.29, 1.82) is 0 Å². The summed E-state index contributed by atoms with van der Waals surface area (Å²) in [5, 5.41) is 56.9. The summed E-state index contributed by atoms with van der Waals surface area (Å²) < 4.78 is 5.70. The highest BCUT2D eigenvalue weighted by atomic mass is 32.2. The van der Waals surface area contributed by atoms with Gasteiger partial charge in [-0.1, -0.05) is 72.8 Å². The highest BCUT2D eigenvalue weighted by Crippen LogP contribution is 2.23. The van der Waals surface area contributed by atoms with Crippen LogP contribution in [0.15, 0.2) is 97.2 Å². The number of primary amides is 4. The number of aliphatic hydroxyl groups excluding tert-OH is 2. The van der Waals surface area contributed by atoms with Crippen molar-refractivity contribution >= 4 is 134 Å². The molecule has 17 amide bonds. The monoisotopic (exact) mass is 1630 g/mol. The topological polar surface area (TPSA) is 642 Å². The summed E-state index contributed by atoms with van der Waals surface area (Å²) in [7, 11) is 0. The van der Waals surface area contributed by atoms with Crippen molar-refractivity contribution in [3.05, 3.63) is 114 Å². The number of ether oxygens (including phenoxy) is 1. The smallest absolute Gasteiger partial charge is 0.248 e. The van der Waals surface area contributed by atoms with Crippen molar-refractivity contribution in [1.82, 2.24) is 74.1 Å². The minimum absolute atomic E-state index is 0.108. The fourth-order valence-electron chi connectivity index (χ4n) is 12.2. The van der Waals surface area contributed by atoms with E-state index in [1.54, 1.807) is 91.1 Å². The second-order valence-corrected chi connectivity index (χ2v) is 29.2. The van der Waals surface area contributed by atoms with Crippen LogP contribution in [0.4, 0.5) is 0 Å². The number of H-pyrrole nitrogens is 1. The molecule has 0 bridgehead atoms. The van der Waals surface area contributed by atoms with Gasteiger partial charge in [-0.2, -0.15) is 11.8 Å². The molecule has 628 valence electrons. The van der Waals surface area contributed by atoms with Gasteiger partial charge in [0, 0.05) is 81.9 Å². The molecule has 1 aliphatic heterocycles. The lowest BCUT2D eigenvalue weighted by molar-refractivity contribution is -0.139. The van der Waals surface area contributed by atoms with E-state index in [0.29, 0.717) is 38.7 Å². The maximum absolute atomic E-state index is 15.6. The molecule has 4 aromatic carbocycles. The fraction of sp³-hybridized carbons (Fsp3) is 0.461. The average molecular weight is 1630 g/mol. The molecule has 2 heterocycles. The Morgan fingerprint density at radius 3 is 1.84 bits per heavy atom. The largest absolute Gasteiger partial charge is 0.492 e. The van der Waals surface area contributed by atoms with Gasteiger partial charge in [0.1, 0.15) is 78.3 Å². The number of unbranched alkanes of at least 4 members (excludes halogenated alkanes) is 1. The Bertz CT molecular complexity index is 4370. The molecule has 40 heteroatoms. The molecule has 0 unspecified atom stereocenters. The Morgan fingerprint density at radius 1 is 0.612 bits per heavy atom. The molecular weight excluding hydrogens is 1530 g/mol. The van der Waals surface area contributed by atoms with Crippen LogP contribution >= 0.6 is 11.8 Å². The Balaban J connectivity index is 1.44. The lowest BCUT2D eigenvalue weighted by Gasteiger charge is -2.32. The van der Waals surface area contributed by atoms with Crippen molar-refractivity contribution in [3.8, 4) is 5.75 Å². The molecule has 26 N–H and O–H groups in total. The molecule has 0 saturated carbocycles. The Hall–Kier alpha value is -12.3. The van der Waals surface area contributed by atoms with Gasteiger partial charge in [-0.05, 0) is 104 Å². The number of aromatic amines is 1. The number of benzene rings is 4. The third-order valence-corrected chi connectivity index (χ3v) is 19.6. The van der Waals surface area contributed by atoms with E-state index >= 15 is 19.2 Å². The zero-order chi connectivity index (χ0) is 85.3. The van der Waals surface area contributed by atoms with E-state index in [2.05, 4.69) is 74.1 Å². The van der Waals surface area contributed by atoms with Crippen LogP contribution in [0, 0.1) is 0 Å². The molecule has 6 rings (SSSR count). The van der Waals surface area contributed by atoms with E-state index in [1.807, 2.05) is 6.07 Å². The number of aliphatic hydroxyl groups is 2. The third-order valence-electron chi connectivity index (χ3n) is 18.5. The third kappa shape index (κ3) is 29.9. The van der Waals surface area contributed by atoms with Gasteiger partial charge < -0.3 is 118 Å². The number of aromatic nitrogens is 1. The number of nitrogens with one attached hydrogen (secondary N) is 14. The van der Waals surface area contributed by atoms with Crippen molar-refractivity contribution in [2.45, 2.75) is 177 Å². The maximum atomic E-state index is 15.6. The lowest BCUT2D eigenvalue weighted by atomic mass is 9.97. The zero-order valence-electron chi connectivity index (χ0n) is 64.6. The van der Waals surface area contributed by atoms with Crippen LogP contribution in [0.2, 0.25) is 0 Å². The number of fused-ring (bicyclic) bond motifs is 2. The van der Waals surface area contributed by atoms with E-state index in [9.17, 15) is 72.5 Å². The van der Waals surface area contributed by atoms with Crippen LogP contribution in [0.5, 0.6) is 5.75 Å². The van der Waals surface area contributed by atoms with Gasteiger partial charge in [-0.15, -0.1) is 0 Å². The van der Waals surface area contributed by atoms with Crippen molar-refractivity contribution in [3.63, 3.8) is 0 Å². The number of hydrogen-bond acceptors (Lipinski definition) is 22. The number of nitrogens with two attached hydrogens (primary N) is 5. The number of carbonyl (C=O) groups is 17. The van der Waals surface area contributed by atoms with Crippen LogP contribution in [-0.2, 0) is 101 Å². The standard InChI is InChI=1S/C76H103N19O20S/c1-40(97)64-74(113)91-57(34-47-36-83-50-14-8-7-13-49(47)50)71(110)87-52(22-24-60(78)100)67(106)92-59(38-116-30-26-54(85-42(3)99)68(107)86-53(69(108)94-64)23-25-61(79)101)72(111)88-55(32-43-17-20-48(21-18-43)115-29-27-77)70(109)89-56(33-44-16-19-45-11-5-6-12-46(45)31-44)73(112)95-76(4,39-96)75(114)93-51(15-9-10-28-82-41(2)98)66(105)90-58(35-62(80)102)65(104)84-37-63(81)103/h5-8,11-14,16-21,31,36,40,51-59,64,83,96-97H,9-10,15,22-30,32-35,37-39,77H2,1-4H3,(H2,78,100)(H2,79,101)(H2,80,102)(H2,81,103)(H,82,98)(H,84,104)(H,85,99)(H,86,107)(H,87,110)(H,88,111)(H,89,109)(H,90,105)(H,91,113)(H,92,106)(H,93,114)(H,94,108)(H,95,112)/t40-,51+,52+,53+,54+,55+,56+,57+,58+,59+,64+,76+/m1/s1. The minimum atomic E-state index is -2.40. The number of para-hydroxylation sites is 1. The number of thioether (sulfide) groups is 1. The van der Waals surface area contributed by atoms with E-state index in [4.69, 9.17) is 33.4 Å². The second-order valence-electron chi connectivity index (χ2n) is 28.1. The van der Waals surface area contributed by atoms with E-state index in [1.165, 1.54) is 6.92 Å². The van der Waals surface area contributed by atoms with Crippen molar-refractivity contribution in [2.24, 2.45) is 28.7 Å². The fourth-order valence-corrected chi connectivity index (χ4v) is 13.2. The lowest BCUT2D eigenvalue weighted by Crippen LogP contribution is -2.66. The SMILES string of the molecule is CC(=O)NCCCC[C@H](NC(=O)[C@](C)(CO)NC(=O)[C@H](Cc1ccc2ccccc2c1)NC(=O)[C@H](Cc1ccc(OCCN)cc1)NC(=O)[C@@H]1CSCC[C@H](NC(C)=O)C(=O)N[C@@H](CCC(N)=O)C(=O)N[C@@H]([C@@H](C)O)C(=O)N[C@@H](Cc2c[nH]c3ccccc23)C(=O)N[C@@H](CCC(N)=O)C(=O)N1)C(=O)N[C@@H](CC(N)=O)C(=O)NCC(N)=O. The number of rotatable bonds is 38. The first-order valence-corrected chi connectivity index (χ1v) is 38.5. The van der Waals surface area contributed by atoms with Gasteiger partial charge in [0.25, 0.3) is 0 Å². The van der Waals surface area contributed by atoms with E-state index < -0.39 is 224 Å². The minimum Gasteiger partial charge on any atom is -0.492 e. The predicted molar refractivity (Wildman–Crippen MR) is 422 cm³/mol. The first-order chi connectivity index (χ1) is 55.1. The van der Waals surface area contributed by atoms with Gasteiger partial charge >= 0.3 is 0 Å². The Kier molecular flexibility index (Phi) is 36.4. The molecule has 0 radical (unpaired) electrons. The molecule has 116 heavy (non-hydrogen) atoms. The molecule has 12 atom stereocenters. The molecule has 1 fully saturated rings. The molecule has 0 spiro atoms. The molecular formula is C76H103N19O20S. The first kappa shape index (κ1) is 92.6. The average Bonchev–Trinajstić information content (AvgIpc) is 1.74. The van der Waals surface area contributed by atoms with Gasteiger partial charge in [0.2, 0.25) is 100 Å². The number of carbonyl (C=O) groups excluding carboxylic acids is 17. The molecule has 39 nitrogen and oxygen atoms in total. The summed E-state index contributed by atoms with van der Waals surface area (Å²) in [5.74, 6) is -17.4. The summed E-state index contributed by atoms with van der Waals surface area (Å²) in [6, 6.07) is 8.14. The molecule has 5 aromatic rings. The summed E-state index contributed by atoms with van der Waals surface area (Å²) >= 11 is 0.911. The zero-order valence-corrected chi connectivity index (χ0v) is 65.4. The highest BCUT2D eigenvalue weighted by Gasteiger charge is 2.42. The number of hydrogen-bond donors (Lipinski definition) is 21. The van der Waals surface area contributed by atoms with Crippen LogP contribution in [0.3, 0.4) is 0 Å². The molecule has 0 aliphatic carbocycles. The van der Waals surface area contributed by atoms with Crippen LogP contribution < -0.4 is 103 Å². The van der Waals surface area contributed by atoms with Crippen molar-refractivity contribution in [2.75, 3.05) is 44.4 Å². The van der Waals surface area contributed by atoms with Gasteiger partial charge in [0.05, 0.1) is 25.7 Å². The quantitative estimate of drug-likeness (QED) is 0.0164. The van der Waals surface area contributed by atoms with Crippen LogP contribution in [-0.4, -0.2) is 232 Å². The number of amides is 17. The summed E-state index contributed by atoms with van der Waals surface area (Å²) in [5.41, 5.74) is 26.8. The molecule has 1 aliphatic rings. The van der Waals surface area contributed by atoms with Crippen LogP contribution in [0.25, 0.3) is 21.7 Å². The highest BCUT2D eigenvalue weighted by molar-refractivity contribution is 7.99. The van der Waals surface area contributed by atoms with Crippen molar-refractivity contribution < 1.29 is 96.5 Å². The van der Waals surface area contributed by atoms with E-state index in [0.717, 1.165) is 37.9 Å². The van der Waals surface area contributed by atoms with Gasteiger partial charge in [-0.3, -0.25) is 81.5 Å². The normalized spacial score (nSPS) is 18.9. The molecule has 1 saturated heterocycles. The van der Waals surface area contributed by atoms with Gasteiger partial charge in [0.15, 0.2) is 0 Å². The maximum Gasteiger partial charge on any atom is 0.248 e. The summed E-state index contributed by atoms with van der Waals surface area (Å²) in [4.78, 5) is 238. The Morgan fingerprint density at radius 2 is 1.21 bits per heavy atom.